The second-order valence-corrected chi connectivity index (χ2v) is 6.60. The molecular weight excluding hydrogens is 352 g/mol. The van der Waals surface area contributed by atoms with E-state index in [-0.39, 0.29) is 23.7 Å². The Morgan fingerprint density at radius 2 is 1.36 bits per heavy atom. The number of anilines is 1. The van der Waals surface area contributed by atoms with Gasteiger partial charge in [0.2, 0.25) is 5.91 Å². The van der Waals surface area contributed by atoms with E-state index in [1.165, 1.54) is 6.92 Å². The summed E-state index contributed by atoms with van der Waals surface area (Å²) in [5.41, 5.74) is 2.28. The first-order valence-electron chi connectivity index (χ1n) is 8.96. The number of carbonyl (C=O) groups is 2. The number of hydrogen-bond acceptors (Lipinski definition) is 3. The number of Topliss-reactive ketones (excluding diaryl/α,β-unsaturated/α-hetero) is 1. The third-order valence-electron chi connectivity index (χ3n) is 4.76. The molecule has 5 heteroatoms. The SMILES string of the molecule is CC(=O)c1ccccc1NC(=O)Cn1c2ccccc2c(=O)c2ccccc21. The third kappa shape index (κ3) is 3.07. The number of benzene rings is 3. The molecule has 0 aliphatic carbocycles. The smallest absolute Gasteiger partial charge is 0.244 e. The van der Waals surface area contributed by atoms with E-state index in [4.69, 9.17) is 0 Å². The number of nitrogens with zero attached hydrogens (tertiary/aromatic N) is 1. The van der Waals surface area contributed by atoms with Crippen molar-refractivity contribution >= 4 is 39.2 Å². The molecule has 0 atom stereocenters. The van der Waals surface area contributed by atoms with Crippen LogP contribution in [0.5, 0.6) is 0 Å². The van der Waals surface area contributed by atoms with Crippen molar-refractivity contribution in [1.29, 1.82) is 0 Å². The van der Waals surface area contributed by atoms with Gasteiger partial charge >= 0.3 is 0 Å². The maximum Gasteiger partial charge on any atom is 0.244 e. The zero-order valence-corrected chi connectivity index (χ0v) is 15.3. The normalized spacial score (nSPS) is 10.9. The summed E-state index contributed by atoms with van der Waals surface area (Å²) in [4.78, 5) is 37.4. The number of fused-ring (bicyclic) bond motifs is 2. The van der Waals surface area contributed by atoms with Crippen molar-refractivity contribution in [3.63, 3.8) is 0 Å². The molecule has 1 heterocycles. The number of hydrogen-bond donors (Lipinski definition) is 1. The Hall–Kier alpha value is -3.73. The Bertz CT molecular complexity index is 1230. The fourth-order valence-electron chi connectivity index (χ4n) is 3.48. The van der Waals surface area contributed by atoms with Crippen molar-refractivity contribution < 1.29 is 9.59 Å². The molecule has 0 fully saturated rings. The zero-order valence-electron chi connectivity index (χ0n) is 15.3. The fourth-order valence-corrected chi connectivity index (χ4v) is 3.48. The molecule has 0 unspecified atom stereocenters. The summed E-state index contributed by atoms with van der Waals surface area (Å²) in [5, 5.41) is 3.96. The van der Waals surface area contributed by atoms with Crippen molar-refractivity contribution in [3.05, 3.63) is 88.6 Å². The molecular formula is C23H18N2O3. The van der Waals surface area contributed by atoms with Gasteiger partial charge in [-0.1, -0.05) is 36.4 Å². The van der Waals surface area contributed by atoms with Crippen LogP contribution in [0.25, 0.3) is 21.8 Å². The summed E-state index contributed by atoms with van der Waals surface area (Å²) in [6.45, 7) is 1.49. The van der Waals surface area contributed by atoms with Crippen molar-refractivity contribution in [2.24, 2.45) is 0 Å². The highest BCUT2D eigenvalue weighted by Gasteiger charge is 2.14. The van der Waals surface area contributed by atoms with Crippen LogP contribution < -0.4 is 10.7 Å². The molecule has 5 nitrogen and oxygen atoms in total. The molecule has 28 heavy (non-hydrogen) atoms. The Kier molecular flexibility index (Phi) is 4.49. The van der Waals surface area contributed by atoms with E-state index in [9.17, 15) is 14.4 Å². The molecule has 0 radical (unpaired) electrons. The van der Waals surface area contributed by atoms with Crippen LogP contribution in [0.4, 0.5) is 5.69 Å². The van der Waals surface area contributed by atoms with Gasteiger partial charge in [0.1, 0.15) is 6.54 Å². The minimum atomic E-state index is -0.271. The van der Waals surface area contributed by atoms with Gasteiger partial charge in [0.15, 0.2) is 11.2 Å². The van der Waals surface area contributed by atoms with Crippen LogP contribution in [-0.2, 0) is 11.3 Å². The highest BCUT2D eigenvalue weighted by molar-refractivity contribution is 6.04. The Labute approximate surface area is 161 Å². The predicted octanol–water partition coefficient (Wildman–Crippen LogP) is 4.00. The molecule has 1 amide bonds. The molecule has 0 saturated heterocycles. The van der Waals surface area contributed by atoms with Crippen molar-refractivity contribution in [2.45, 2.75) is 13.5 Å². The van der Waals surface area contributed by atoms with Crippen LogP contribution in [0, 0.1) is 0 Å². The summed E-state index contributed by atoms with van der Waals surface area (Å²) < 4.78 is 1.83. The molecule has 0 bridgehead atoms. The lowest BCUT2D eigenvalue weighted by Crippen LogP contribution is -2.22. The van der Waals surface area contributed by atoms with E-state index in [1.54, 1.807) is 36.4 Å². The van der Waals surface area contributed by atoms with Crippen LogP contribution >= 0.6 is 0 Å². The number of ketones is 1. The highest BCUT2D eigenvalue weighted by Crippen LogP contribution is 2.20. The van der Waals surface area contributed by atoms with Crippen LogP contribution in [-0.4, -0.2) is 16.3 Å². The first kappa shape index (κ1) is 17.7. The number of pyridine rings is 1. The maximum atomic E-state index is 12.8. The quantitative estimate of drug-likeness (QED) is 0.436. The lowest BCUT2D eigenvalue weighted by molar-refractivity contribution is -0.116. The van der Waals surface area contributed by atoms with Crippen molar-refractivity contribution in [3.8, 4) is 0 Å². The molecule has 138 valence electrons. The molecule has 4 aromatic rings. The van der Waals surface area contributed by atoms with E-state index in [1.807, 2.05) is 41.0 Å². The minimum absolute atomic E-state index is 0.0214. The maximum absolute atomic E-state index is 12.8. The Morgan fingerprint density at radius 3 is 1.96 bits per heavy atom. The molecule has 4 rings (SSSR count). The molecule has 0 aliphatic heterocycles. The lowest BCUT2D eigenvalue weighted by Gasteiger charge is -2.15. The minimum Gasteiger partial charge on any atom is -0.331 e. The van der Waals surface area contributed by atoms with Gasteiger partial charge in [0.05, 0.1) is 16.7 Å². The first-order valence-corrected chi connectivity index (χ1v) is 8.96. The van der Waals surface area contributed by atoms with Gasteiger partial charge in [0, 0.05) is 16.3 Å². The standard InChI is InChI=1S/C23H18N2O3/c1-15(26)16-8-2-5-11-19(16)24-22(27)14-25-20-12-6-3-9-17(20)23(28)18-10-4-7-13-21(18)25/h2-13H,14H2,1H3,(H,24,27). The van der Waals surface area contributed by atoms with Gasteiger partial charge in [-0.3, -0.25) is 14.4 Å². The summed E-state index contributed by atoms with van der Waals surface area (Å²) >= 11 is 0. The van der Waals surface area contributed by atoms with Crippen molar-refractivity contribution in [1.82, 2.24) is 4.57 Å². The van der Waals surface area contributed by atoms with E-state index in [0.29, 0.717) is 33.1 Å². The highest BCUT2D eigenvalue weighted by atomic mass is 16.2. The number of aromatic nitrogens is 1. The third-order valence-corrected chi connectivity index (χ3v) is 4.76. The summed E-state index contributed by atoms with van der Waals surface area (Å²) in [5.74, 6) is -0.386. The van der Waals surface area contributed by atoms with E-state index in [0.717, 1.165) is 0 Å². The Balaban J connectivity index is 1.79. The van der Waals surface area contributed by atoms with Gasteiger partial charge < -0.3 is 9.88 Å². The van der Waals surface area contributed by atoms with E-state index >= 15 is 0 Å². The van der Waals surface area contributed by atoms with Crippen LogP contribution in [0.3, 0.4) is 0 Å². The van der Waals surface area contributed by atoms with Gasteiger partial charge in [-0.05, 0) is 43.3 Å². The summed E-state index contributed by atoms with van der Waals surface area (Å²) in [6.07, 6.45) is 0. The van der Waals surface area contributed by atoms with Gasteiger partial charge in [-0.25, -0.2) is 0 Å². The molecule has 0 saturated carbocycles. The molecule has 1 aromatic heterocycles. The van der Waals surface area contributed by atoms with E-state index in [2.05, 4.69) is 5.32 Å². The fraction of sp³-hybridized carbons (Fsp3) is 0.0870. The number of carbonyl (C=O) groups excluding carboxylic acids is 2. The molecule has 3 aromatic carbocycles. The molecule has 0 spiro atoms. The molecule has 1 N–H and O–H groups in total. The predicted molar refractivity (Wildman–Crippen MR) is 111 cm³/mol. The first-order chi connectivity index (χ1) is 13.6. The summed E-state index contributed by atoms with van der Waals surface area (Å²) in [7, 11) is 0. The summed E-state index contributed by atoms with van der Waals surface area (Å²) in [6, 6.07) is 21.4. The average Bonchev–Trinajstić information content (AvgIpc) is 2.71. The van der Waals surface area contributed by atoms with Crippen LogP contribution in [0.2, 0.25) is 0 Å². The molecule has 0 aliphatic rings. The Morgan fingerprint density at radius 1 is 0.821 bits per heavy atom. The van der Waals surface area contributed by atoms with Crippen LogP contribution in [0.1, 0.15) is 17.3 Å². The van der Waals surface area contributed by atoms with Gasteiger partial charge in [-0.15, -0.1) is 0 Å². The van der Waals surface area contributed by atoms with Crippen molar-refractivity contribution in [2.75, 3.05) is 5.32 Å². The topological polar surface area (TPSA) is 68.2 Å². The average molecular weight is 370 g/mol. The second-order valence-electron chi connectivity index (χ2n) is 6.60. The monoisotopic (exact) mass is 370 g/mol. The zero-order chi connectivity index (χ0) is 19.7. The van der Waals surface area contributed by atoms with Gasteiger partial charge in [0.25, 0.3) is 0 Å². The number of nitrogens with one attached hydrogen (secondary N) is 1. The van der Waals surface area contributed by atoms with Gasteiger partial charge in [-0.2, -0.15) is 0 Å². The number of para-hydroxylation sites is 3. The second kappa shape index (κ2) is 7.12. The number of amides is 1. The largest absolute Gasteiger partial charge is 0.331 e. The lowest BCUT2D eigenvalue weighted by atomic mass is 10.1. The van der Waals surface area contributed by atoms with E-state index < -0.39 is 0 Å². The van der Waals surface area contributed by atoms with Crippen LogP contribution in [0.15, 0.2) is 77.6 Å². The number of rotatable bonds is 4.